The molecular formula is C24H19FN4O4S. The van der Waals surface area contributed by atoms with Gasteiger partial charge in [0.2, 0.25) is 11.5 Å². The number of nitrogens with zero attached hydrogens (tertiary/aromatic N) is 2. The molecule has 2 aromatic heterocycles. The summed E-state index contributed by atoms with van der Waals surface area (Å²) in [6.07, 6.45) is 0. The lowest BCUT2D eigenvalue weighted by molar-refractivity contribution is 0.104. The SMILES string of the molecule is COc1cc(-c2c(C#N)c(N)nc3sc(C(=O)c4ccc(F)cc4)c(N)c23)cc(OC)c1OC. The number of nitrogens with two attached hydrogens (primary N) is 2. The van der Waals surface area contributed by atoms with E-state index in [1.54, 1.807) is 12.1 Å². The Kier molecular flexibility index (Phi) is 5.96. The normalized spacial score (nSPS) is 10.7. The van der Waals surface area contributed by atoms with Crippen LogP contribution in [0.25, 0.3) is 21.3 Å². The van der Waals surface area contributed by atoms with Gasteiger partial charge >= 0.3 is 0 Å². The number of nitrogen functional groups attached to an aromatic ring is 2. The van der Waals surface area contributed by atoms with E-state index < -0.39 is 11.6 Å². The van der Waals surface area contributed by atoms with Gasteiger partial charge in [-0.2, -0.15) is 5.26 Å². The minimum atomic E-state index is -0.460. The van der Waals surface area contributed by atoms with Crippen LogP contribution in [0.4, 0.5) is 15.9 Å². The molecule has 2 heterocycles. The van der Waals surface area contributed by atoms with Crippen LogP contribution >= 0.6 is 11.3 Å². The van der Waals surface area contributed by atoms with E-state index in [0.29, 0.717) is 38.6 Å². The zero-order chi connectivity index (χ0) is 24.6. The van der Waals surface area contributed by atoms with Crippen molar-refractivity contribution in [2.24, 2.45) is 0 Å². The Morgan fingerprint density at radius 1 is 1.06 bits per heavy atom. The number of hydrogen-bond donors (Lipinski definition) is 2. The van der Waals surface area contributed by atoms with E-state index in [0.717, 1.165) is 11.3 Å². The number of thiophene rings is 1. The van der Waals surface area contributed by atoms with E-state index >= 15 is 0 Å². The second kappa shape index (κ2) is 8.88. The lowest BCUT2D eigenvalue weighted by Gasteiger charge is -2.16. The lowest BCUT2D eigenvalue weighted by atomic mass is 9.96. The highest BCUT2D eigenvalue weighted by Crippen LogP contribution is 2.47. The first-order valence-electron chi connectivity index (χ1n) is 9.86. The fraction of sp³-hybridized carbons (Fsp3) is 0.125. The van der Waals surface area contributed by atoms with Crippen LogP contribution in [0.5, 0.6) is 17.2 Å². The molecule has 4 aromatic rings. The van der Waals surface area contributed by atoms with Gasteiger partial charge in [-0.15, -0.1) is 11.3 Å². The first-order chi connectivity index (χ1) is 16.3. The second-order valence-electron chi connectivity index (χ2n) is 7.13. The minimum Gasteiger partial charge on any atom is -0.493 e. The van der Waals surface area contributed by atoms with Crippen molar-refractivity contribution in [1.29, 1.82) is 5.26 Å². The van der Waals surface area contributed by atoms with E-state index in [1.165, 1.54) is 45.6 Å². The number of ketones is 1. The Hall–Kier alpha value is -4.36. The number of halogens is 1. The Morgan fingerprint density at radius 2 is 1.68 bits per heavy atom. The van der Waals surface area contributed by atoms with Gasteiger partial charge in [-0.1, -0.05) is 0 Å². The molecule has 0 aliphatic heterocycles. The van der Waals surface area contributed by atoms with Crippen LogP contribution in [0.2, 0.25) is 0 Å². The Bertz CT molecular complexity index is 1450. The summed E-state index contributed by atoms with van der Waals surface area (Å²) >= 11 is 1.04. The predicted molar refractivity (Wildman–Crippen MR) is 128 cm³/mol. The van der Waals surface area contributed by atoms with Gasteiger partial charge in [0, 0.05) is 16.5 Å². The predicted octanol–water partition coefficient (Wildman–Crippen LogP) is 4.40. The molecule has 10 heteroatoms. The van der Waals surface area contributed by atoms with E-state index in [1.807, 2.05) is 0 Å². The fourth-order valence-corrected chi connectivity index (χ4v) is 4.77. The Balaban J connectivity index is 2.04. The van der Waals surface area contributed by atoms with Crippen LogP contribution in [-0.2, 0) is 0 Å². The zero-order valence-electron chi connectivity index (χ0n) is 18.4. The summed E-state index contributed by atoms with van der Waals surface area (Å²) in [6.45, 7) is 0. The molecule has 0 bridgehead atoms. The molecular weight excluding hydrogens is 459 g/mol. The third-order valence-electron chi connectivity index (χ3n) is 5.28. The van der Waals surface area contributed by atoms with E-state index in [-0.39, 0.29) is 27.5 Å². The van der Waals surface area contributed by atoms with E-state index in [4.69, 9.17) is 25.7 Å². The van der Waals surface area contributed by atoms with Crippen molar-refractivity contribution in [1.82, 2.24) is 4.98 Å². The van der Waals surface area contributed by atoms with Crippen molar-refractivity contribution >= 4 is 38.8 Å². The third-order valence-corrected chi connectivity index (χ3v) is 6.38. The van der Waals surface area contributed by atoms with Gasteiger partial charge in [-0.25, -0.2) is 9.37 Å². The number of nitriles is 1. The van der Waals surface area contributed by atoms with Gasteiger partial charge < -0.3 is 25.7 Å². The monoisotopic (exact) mass is 478 g/mol. The average Bonchev–Trinajstić information content (AvgIpc) is 3.17. The number of ether oxygens (including phenoxy) is 3. The highest BCUT2D eigenvalue weighted by Gasteiger charge is 2.26. The van der Waals surface area contributed by atoms with Crippen LogP contribution in [0.3, 0.4) is 0 Å². The number of methoxy groups -OCH3 is 3. The highest BCUT2D eigenvalue weighted by atomic mass is 32.1. The molecule has 172 valence electrons. The number of benzene rings is 2. The molecule has 34 heavy (non-hydrogen) atoms. The average molecular weight is 479 g/mol. The first kappa shape index (κ1) is 22.8. The maximum Gasteiger partial charge on any atom is 0.205 e. The van der Waals surface area contributed by atoms with Crippen molar-refractivity contribution < 1.29 is 23.4 Å². The molecule has 0 amide bonds. The minimum absolute atomic E-state index is 0.0132. The summed E-state index contributed by atoms with van der Waals surface area (Å²) in [5.74, 6) is 0.227. The van der Waals surface area contributed by atoms with Crippen LogP contribution < -0.4 is 25.7 Å². The van der Waals surface area contributed by atoms with Crippen LogP contribution in [0.1, 0.15) is 20.8 Å². The third kappa shape index (κ3) is 3.62. The summed E-state index contributed by atoms with van der Waals surface area (Å²) in [7, 11) is 4.43. The molecule has 0 saturated carbocycles. The van der Waals surface area contributed by atoms with Gasteiger partial charge in [0.25, 0.3) is 0 Å². The van der Waals surface area contributed by atoms with Crippen LogP contribution in [0, 0.1) is 17.1 Å². The standard InChI is InChI=1S/C24H19FN4O4S/c1-31-15-8-12(9-16(32-2)21(15)33-3)17-14(10-26)23(28)29-24-18(17)19(27)22(34-24)20(30)11-4-6-13(25)7-5-11/h4-9H,27H2,1-3H3,(H2,28,29). The van der Waals surface area contributed by atoms with Gasteiger partial charge in [-0.3, -0.25) is 4.79 Å². The number of anilines is 2. The molecule has 0 fully saturated rings. The molecule has 4 rings (SSSR count). The fourth-order valence-electron chi connectivity index (χ4n) is 3.70. The van der Waals surface area contributed by atoms with E-state index in [2.05, 4.69) is 11.1 Å². The molecule has 0 radical (unpaired) electrons. The number of rotatable bonds is 6. The molecule has 0 unspecified atom stereocenters. The highest BCUT2D eigenvalue weighted by molar-refractivity contribution is 7.21. The number of pyridine rings is 1. The topological polar surface area (TPSA) is 133 Å². The summed E-state index contributed by atoms with van der Waals surface area (Å²) < 4.78 is 29.6. The van der Waals surface area contributed by atoms with Gasteiger partial charge in [0.1, 0.15) is 33.0 Å². The summed E-state index contributed by atoms with van der Waals surface area (Å²) in [6, 6.07) is 10.6. The number of carbonyl (C=O) groups excluding carboxylic acids is 1. The largest absolute Gasteiger partial charge is 0.493 e. The smallest absolute Gasteiger partial charge is 0.205 e. The molecule has 0 aliphatic carbocycles. The summed E-state index contributed by atoms with van der Waals surface area (Å²) in [4.78, 5) is 18.0. The maximum atomic E-state index is 13.3. The molecule has 8 nitrogen and oxygen atoms in total. The van der Waals surface area contributed by atoms with Gasteiger partial charge in [-0.05, 0) is 42.0 Å². The van der Waals surface area contributed by atoms with Gasteiger partial charge in [0.05, 0.1) is 27.0 Å². The Labute approximate surface area is 198 Å². The van der Waals surface area contributed by atoms with Crippen molar-refractivity contribution in [3.8, 4) is 34.4 Å². The van der Waals surface area contributed by atoms with Crippen molar-refractivity contribution in [3.63, 3.8) is 0 Å². The number of hydrogen-bond acceptors (Lipinski definition) is 9. The van der Waals surface area contributed by atoms with Crippen molar-refractivity contribution in [3.05, 3.63) is 58.2 Å². The molecule has 0 saturated heterocycles. The lowest BCUT2D eigenvalue weighted by Crippen LogP contribution is -2.03. The second-order valence-corrected chi connectivity index (χ2v) is 8.13. The van der Waals surface area contributed by atoms with Crippen LogP contribution in [-0.4, -0.2) is 32.1 Å². The van der Waals surface area contributed by atoms with E-state index in [9.17, 15) is 14.4 Å². The molecule has 4 N–H and O–H groups in total. The van der Waals surface area contributed by atoms with Crippen molar-refractivity contribution in [2.45, 2.75) is 0 Å². The summed E-state index contributed by atoms with van der Waals surface area (Å²) in [5, 5.41) is 10.3. The first-order valence-corrected chi connectivity index (χ1v) is 10.7. The molecule has 2 aromatic carbocycles. The quantitative estimate of drug-likeness (QED) is 0.390. The Morgan fingerprint density at radius 3 is 2.21 bits per heavy atom. The number of aromatic nitrogens is 1. The van der Waals surface area contributed by atoms with Gasteiger partial charge in [0.15, 0.2) is 11.5 Å². The summed E-state index contributed by atoms with van der Waals surface area (Å²) in [5.41, 5.74) is 14.0. The van der Waals surface area contributed by atoms with Crippen molar-refractivity contribution in [2.75, 3.05) is 32.8 Å². The molecule has 0 aliphatic rings. The van der Waals surface area contributed by atoms with Crippen LogP contribution in [0.15, 0.2) is 36.4 Å². The number of carbonyl (C=O) groups is 1. The molecule has 0 spiro atoms. The molecule has 0 atom stereocenters. The number of fused-ring (bicyclic) bond motifs is 1. The zero-order valence-corrected chi connectivity index (χ0v) is 19.2. The maximum absolute atomic E-state index is 13.3.